The van der Waals surface area contributed by atoms with Crippen LogP contribution in [-0.4, -0.2) is 22.6 Å². The lowest BCUT2D eigenvalue weighted by Crippen LogP contribution is -2.27. The van der Waals surface area contributed by atoms with Gasteiger partial charge in [-0.15, -0.1) is 0 Å². The summed E-state index contributed by atoms with van der Waals surface area (Å²) in [5.74, 6) is 0.356. The number of aromatic nitrogens is 2. The first-order valence-electron chi connectivity index (χ1n) is 9.05. The second-order valence-corrected chi connectivity index (χ2v) is 6.25. The van der Waals surface area contributed by atoms with Crippen LogP contribution in [0.2, 0.25) is 0 Å². The van der Waals surface area contributed by atoms with Crippen LogP contribution in [-0.2, 0) is 17.6 Å². The van der Waals surface area contributed by atoms with Crippen molar-refractivity contribution in [2.24, 2.45) is 0 Å². The molecule has 1 N–H and O–H groups in total. The fourth-order valence-corrected chi connectivity index (χ4v) is 2.96. The van der Waals surface area contributed by atoms with Gasteiger partial charge >= 0.3 is 0 Å². The average molecular weight is 367 g/mol. The third-order valence-electron chi connectivity index (χ3n) is 4.36. The maximum Gasteiger partial charge on any atom is 0.226 e. The van der Waals surface area contributed by atoms with Gasteiger partial charge in [-0.25, -0.2) is 4.39 Å². The van der Waals surface area contributed by atoms with Gasteiger partial charge in [-0.05, 0) is 17.2 Å². The topological polar surface area (TPSA) is 68.0 Å². The first-order chi connectivity index (χ1) is 13.2. The molecule has 3 rings (SSSR count). The molecule has 0 saturated heterocycles. The zero-order valence-electron chi connectivity index (χ0n) is 15.2. The van der Waals surface area contributed by atoms with Gasteiger partial charge in [0.25, 0.3) is 0 Å². The molecule has 2 aromatic carbocycles. The van der Waals surface area contributed by atoms with Gasteiger partial charge < -0.3 is 9.84 Å². The summed E-state index contributed by atoms with van der Waals surface area (Å²) in [6.45, 7) is 2.34. The predicted octanol–water partition coefficient (Wildman–Crippen LogP) is 3.65. The average Bonchev–Trinajstić information content (AvgIpc) is 3.15. The molecular formula is C21H22FN3O2. The van der Waals surface area contributed by atoms with E-state index in [0.29, 0.717) is 36.7 Å². The Morgan fingerprint density at radius 1 is 1.15 bits per heavy atom. The molecule has 5 nitrogen and oxygen atoms in total. The number of amides is 1. The molecule has 3 aromatic rings. The van der Waals surface area contributed by atoms with Gasteiger partial charge in [-0.1, -0.05) is 60.6 Å². The molecule has 1 atom stereocenters. The van der Waals surface area contributed by atoms with Crippen LogP contribution in [0.5, 0.6) is 0 Å². The summed E-state index contributed by atoms with van der Waals surface area (Å²) >= 11 is 0. The van der Waals surface area contributed by atoms with E-state index in [1.165, 1.54) is 6.07 Å². The molecule has 0 aliphatic rings. The molecular weight excluding hydrogens is 345 g/mol. The maximum absolute atomic E-state index is 14.3. The minimum Gasteiger partial charge on any atom is -0.356 e. The highest BCUT2D eigenvalue weighted by Crippen LogP contribution is 2.29. The molecule has 1 aromatic heterocycles. The Labute approximate surface area is 157 Å². The number of carbonyl (C=O) groups excluding carboxylic acids is 1. The van der Waals surface area contributed by atoms with Crippen LogP contribution in [0.3, 0.4) is 0 Å². The lowest BCUT2D eigenvalue weighted by molar-refractivity contribution is -0.121. The summed E-state index contributed by atoms with van der Waals surface area (Å²) in [6, 6.07) is 16.1. The number of hydrogen-bond donors (Lipinski definition) is 1. The van der Waals surface area contributed by atoms with Crippen molar-refractivity contribution < 1.29 is 13.7 Å². The Kier molecular flexibility index (Phi) is 6.30. The molecule has 0 radical (unpaired) electrons. The van der Waals surface area contributed by atoms with E-state index in [2.05, 4.69) is 15.5 Å². The highest BCUT2D eigenvalue weighted by atomic mass is 19.1. The number of halogens is 1. The van der Waals surface area contributed by atoms with Crippen LogP contribution >= 0.6 is 0 Å². The van der Waals surface area contributed by atoms with Crippen LogP contribution < -0.4 is 5.32 Å². The highest BCUT2D eigenvalue weighted by molar-refractivity contribution is 5.77. The van der Waals surface area contributed by atoms with Crippen molar-refractivity contribution in [2.45, 2.75) is 32.1 Å². The molecule has 1 heterocycles. The Hall–Kier alpha value is -3.02. The molecule has 0 saturated carbocycles. The van der Waals surface area contributed by atoms with E-state index in [-0.39, 0.29) is 24.1 Å². The summed E-state index contributed by atoms with van der Waals surface area (Å²) in [7, 11) is 0. The van der Waals surface area contributed by atoms with Gasteiger partial charge in [0, 0.05) is 31.7 Å². The van der Waals surface area contributed by atoms with E-state index >= 15 is 0 Å². The maximum atomic E-state index is 14.3. The number of carbonyl (C=O) groups is 1. The zero-order valence-corrected chi connectivity index (χ0v) is 15.2. The normalized spacial score (nSPS) is 11.9. The number of nitrogens with one attached hydrogen (secondary N) is 1. The predicted molar refractivity (Wildman–Crippen MR) is 99.7 cm³/mol. The number of aryl methyl sites for hydroxylation is 1. The van der Waals surface area contributed by atoms with Crippen LogP contribution in [0.1, 0.15) is 42.1 Å². The summed E-state index contributed by atoms with van der Waals surface area (Å²) in [5.41, 5.74) is 1.42. The number of nitrogens with zero attached hydrogens (tertiary/aromatic N) is 2. The molecule has 0 bridgehead atoms. The fraction of sp³-hybridized carbons (Fsp3) is 0.286. The lowest BCUT2D eigenvalue weighted by atomic mass is 9.88. The van der Waals surface area contributed by atoms with E-state index in [0.717, 1.165) is 5.56 Å². The second-order valence-electron chi connectivity index (χ2n) is 6.25. The molecule has 1 amide bonds. The SMILES string of the molecule is CCc1nc(CCNC(=O)C[C@H](c2ccccc2)c2ccccc2F)no1. The smallest absolute Gasteiger partial charge is 0.226 e. The van der Waals surface area contributed by atoms with Crippen molar-refractivity contribution in [3.8, 4) is 0 Å². The van der Waals surface area contributed by atoms with Crippen LogP contribution in [0.4, 0.5) is 4.39 Å². The first-order valence-corrected chi connectivity index (χ1v) is 9.05. The van der Waals surface area contributed by atoms with Crippen LogP contribution in [0.25, 0.3) is 0 Å². The number of hydrogen-bond acceptors (Lipinski definition) is 4. The first kappa shape index (κ1) is 18.8. The minimum absolute atomic E-state index is 0.147. The van der Waals surface area contributed by atoms with Crippen molar-refractivity contribution in [3.05, 3.63) is 83.3 Å². The highest BCUT2D eigenvalue weighted by Gasteiger charge is 2.21. The monoisotopic (exact) mass is 367 g/mol. The Bertz CT molecular complexity index is 880. The standard InChI is InChI=1S/C21H22FN3O2/c1-2-21-24-19(25-27-21)12-13-23-20(26)14-17(15-8-4-3-5-9-15)16-10-6-7-11-18(16)22/h3-11,17H,2,12-14H2,1H3,(H,23,26)/t17-/m1/s1. The molecule has 6 heteroatoms. The van der Waals surface area contributed by atoms with Gasteiger partial charge in [0.1, 0.15) is 5.82 Å². The van der Waals surface area contributed by atoms with E-state index in [1.807, 2.05) is 37.3 Å². The van der Waals surface area contributed by atoms with Crippen molar-refractivity contribution in [2.75, 3.05) is 6.54 Å². The molecule has 140 valence electrons. The van der Waals surface area contributed by atoms with Gasteiger partial charge in [0.2, 0.25) is 11.8 Å². The van der Waals surface area contributed by atoms with Crippen LogP contribution in [0.15, 0.2) is 59.1 Å². The second kappa shape index (κ2) is 9.07. The molecule has 0 fully saturated rings. The third kappa shape index (κ3) is 5.00. The summed E-state index contributed by atoms with van der Waals surface area (Å²) in [5, 5.41) is 6.73. The van der Waals surface area contributed by atoms with Crippen molar-refractivity contribution in [1.29, 1.82) is 0 Å². The van der Waals surface area contributed by atoms with Gasteiger partial charge in [-0.2, -0.15) is 4.98 Å². The molecule has 0 aliphatic heterocycles. The van der Waals surface area contributed by atoms with E-state index in [1.54, 1.807) is 18.2 Å². The molecule has 27 heavy (non-hydrogen) atoms. The Balaban J connectivity index is 1.65. The summed E-state index contributed by atoms with van der Waals surface area (Å²) in [6.07, 6.45) is 1.34. The van der Waals surface area contributed by atoms with Gasteiger partial charge in [0.05, 0.1) is 0 Å². The molecule has 0 spiro atoms. The Morgan fingerprint density at radius 2 is 1.89 bits per heavy atom. The fourth-order valence-electron chi connectivity index (χ4n) is 2.96. The third-order valence-corrected chi connectivity index (χ3v) is 4.36. The van der Waals surface area contributed by atoms with Crippen LogP contribution in [0, 0.1) is 5.82 Å². The molecule has 0 aliphatic carbocycles. The van der Waals surface area contributed by atoms with E-state index in [9.17, 15) is 9.18 Å². The van der Waals surface area contributed by atoms with Crippen molar-refractivity contribution in [1.82, 2.24) is 15.5 Å². The van der Waals surface area contributed by atoms with Gasteiger partial charge in [-0.3, -0.25) is 4.79 Å². The van der Waals surface area contributed by atoms with E-state index < -0.39 is 0 Å². The van der Waals surface area contributed by atoms with E-state index in [4.69, 9.17) is 4.52 Å². The quantitative estimate of drug-likeness (QED) is 0.660. The largest absolute Gasteiger partial charge is 0.356 e. The zero-order chi connectivity index (χ0) is 19.1. The minimum atomic E-state index is -0.343. The Morgan fingerprint density at radius 3 is 2.59 bits per heavy atom. The van der Waals surface area contributed by atoms with Crippen molar-refractivity contribution in [3.63, 3.8) is 0 Å². The van der Waals surface area contributed by atoms with Gasteiger partial charge in [0.15, 0.2) is 5.82 Å². The van der Waals surface area contributed by atoms with Crippen molar-refractivity contribution >= 4 is 5.91 Å². The summed E-state index contributed by atoms with van der Waals surface area (Å²) in [4.78, 5) is 16.7. The number of benzene rings is 2. The molecule has 0 unspecified atom stereocenters. The lowest BCUT2D eigenvalue weighted by Gasteiger charge is -2.18. The summed E-state index contributed by atoms with van der Waals surface area (Å²) < 4.78 is 19.4. The number of rotatable bonds is 8.